The molecule has 0 bridgehead atoms. The summed E-state index contributed by atoms with van der Waals surface area (Å²) in [6.07, 6.45) is 0. The molecule has 5 heteroatoms. The third-order valence-corrected chi connectivity index (χ3v) is 3.42. The van der Waals surface area contributed by atoms with Gasteiger partial charge in [-0.15, -0.1) is 0 Å². The molecule has 1 heterocycles. The van der Waals surface area contributed by atoms with Crippen LogP contribution in [-0.4, -0.2) is 11.1 Å². The van der Waals surface area contributed by atoms with Gasteiger partial charge in [0, 0.05) is 22.2 Å². The molecule has 2 aromatic carbocycles. The molecule has 0 saturated carbocycles. The molecule has 0 fully saturated rings. The van der Waals surface area contributed by atoms with E-state index in [-0.39, 0.29) is 5.91 Å². The molecule has 0 atom stereocenters. The van der Waals surface area contributed by atoms with Crippen LogP contribution in [0.2, 0.25) is 5.02 Å². The second kappa shape index (κ2) is 6.03. The van der Waals surface area contributed by atoms with Gasteiger partial charge in [-0.1, -0.05) is 46.6 Å². The van der Waals surface area contributed by atoms with Gasteiger partial charge in [0.15, 0.2) is 0 Å². The van der Waals surface area contributed by atoms with E-state index in [2.05, 4.69) is 10.5 Å². The molecular weight excluding hydrogens is 300 g/mol. The molecule has 0 radical (unpaired) electrons. The first-order valence-electron chi connectivity index (χ1n) is 6.72. The van der Waals surface area contributed by atoms with Crippen molar-refractivity contribution in [3.8, 4) is 11.3 Å². The molecule has 3 aromatic rings. The maximum atomic E-state index is 12.1. The van der Waals surface area contributed by atoms with Crippen molar-refractivity contribution in [2.45, 2.75) is 6.92 Å². The summed E-state index contributed by atoms with van der Waals surface area (Å²) >= 11 is 5.85. The first-order valence-corrected chi connectivity index (χ1v) is 7.10. The summed E-state index contributed by atoms with van der Waals surface area (Å²) in [5.74, 6) is 0.0685. The molecule has 0 aliphatic heterocycles. The molecule has 0 aliphatic rings. The standard InChI is InChI=1S/C17H13ClN2O2/c1-11-3-2-4-13(9-11)17(21)19-16-10-15(20-22-16)12-5-7-14(18)8-6-12/h2-10H,1H3,(H,19,21). The number of carbonyl (C=O) groups is 1. The lowest BCUT2D eigenvalue weighted by Crippen LogP contribution is -2.11. The Morgan fingerprint density at radius 3 is 2.64 bits per heavy atom. The number of aryl methyl sites for hydroxylation is 1. The van der Waals surface area contributed by atoms with Crippen molar-refractivity contribution in [1.82, 2.24) is 5.16 Å². The second-order valence-corrected chi connectivity index (χ2v) is 5.34. The maximum Gasteiger partial charge on any atom is 0.258 e. The summed E-state index contributed by atoms with van der Waals surface area (Å²) in [6.45, 7) is 1.93. The van der Waals surface area contributed by atoms with Gasteiger partial charge in [0.25, 0.3) is 5.91 Å². The highest BCUT2D eigenvalue weighted by Crippen LogP contribution is 2.23. The Morgan fingerprint density at radius 1 is 1.14 bits per heavy atom. The predicted octanol–water partition coefficient (Wildman–Crippen LogP) is 4.56. The van der Waals surface area contributed by atoms with Crippen molar-refractivity contribution in [1.29, 1.82) is 0 Å². The van der Waals surface area contributed by atoms with Crippen LogP contribution in [0.1, 0.15) is 15.9 Å². The van der Waals surface area contributed by atoms with Crippen molar-refractivity contribution < 1.29 is 9.32 Å². The summed E-state index contributed by atoms with van der Waals surface area (Å²) < 4.78 is 5.16. The van der Waals surface area contributed by atoms with E-state index >= 15 is 0 Å². The molecule has 3 rings (SSSR count). The Bertz CT molecular complexity index is 810. The summed E-state index contributed by atoms with van der Waals surface area (Å²) in [5.41, 5.74) is 3.09. The predicted molar refractivity (Wildman–Crippen MR) is 86.1 cm³/mol. The second-order valence-electron chi connectivity index (χ2n) is 4.91. The number of amides is 1. The third-order valence-electron chi connectivity index (χ3n) is 3.17. The highest BCUT2D eigenvalue weighted by atomic mass is 35.5. The van der Waals surface area contributed by atoms with Crippen molar-refractivity contribution in [2.24, 2.45) is 0 Å². The van der Waals surface area contributed by atoms with E-state index in [1.165, 1.54) is 0 Å². The fourth-order valence-electron chi connectivity index (χ4n) is 2.06. The van der Waals surface area contributed by atoms with Gasteiger partial charge in [-0.25, -0.2) is 0 Å². The van der Waals surface area contributed by atoms with E-state index in [9.17, 15) is 4.79 Å². The van der Waals surface area contributed by atoms with Crippen LogP contribution in [0.5, 0.6) is 0 Å². The van der Waals surface area contributed by atoms with E-state index in [0.29, 0.717) is 22.2 Å². The summed E-state index contributed by atoms with van der Waals surface area (Å²) in [6, 6.07) is 16.2. The monoisotopic (exact) mass is 312 g/mol. The SMILES string of the molecule is Cc1cccc(C(=O)Nc2cc(-c3ccc(Cl)cc3)no2)c1. The smallest absolute Gasteiger partial charge is 0.258 e. The lowest BCUT2D eigenvalue weighted by atomic mass is 10.1. The highest BCUT2D eigenvalue weighted by molar-refractivity contribution is 6.30. The molecule has 22 heavy (non-hydrogen) atoms. The third kappa shape index (κ3) is 3.18. The van der Waals surface area contributed by atoms with Crippen molar-refractivity contribution in [2.75, 3.05) is 5.32 Å². The first kappa shape index (κ1) is 14.4. The molecule has 4 nitrogen and oxygen atoms in total. The van der Waals surface area contributed by atoms with Gasteiger partial charge in [0.05, 0.1) is 0 Å². The van der Waals surface area contributed by atoms with Crippen LogP contribution in [0.3, 0.4) is 0 Å². The van der Waals surface area contributed by atoms with Crippen molar-refractivity contribution in [3.05, 3.63) is 70.7 Å². The average Bonchev–Trinajstić information content (AvgIpc) is 2.96. The molecule has 0 unspecified atom stereocenters. The van der Waals surface area contributed by atoms with Crippen LogP contribution in [-0.2, 0) is 0 Å². The zero-order valence-corrected chi connectivity index (χ0v) is 12.6. The zero-order valence-electron chi connectivity index (χ0n) is 11.8. The Labute approximate surface area is 132 Å². The average molecular weight is 313 g/mol. The van der Waals surface area contributed by atoms with Crippen LogP contribution in [0.25, 0.3) is 11.3 Å². The number of hydrogen-bond acceptors (Lipinski definition) is 3. The first-order chi connectivity index (χ1) is 10.6. The van der Waals surface area contributed by atoms with Crippen LogP contribution in [0, 0.1) is 6.92 Å². The number of anilines is 1. The molecule has 0 spiro atoms. The van der Waals surface area contributed by atoms with Gasteiger partial charge in [-0.3, -0.25) is 10.1 Å². The number of rotatable bonds is 3. The number of carbonyl (C=O) groups excluding carboxylic acids is 1. The molecule has 0 aliphatic carbocycles. The van der Waals surface area contributed by atoms with Crippen LogP contribution < -0.4 is 5.32 Å². The highest BCUT2D eigenvalue weighted by Gasteiger charge is 2.11. The number of halogens is 1. The Morgan fingerprint density at radius 2 is 1.91 bits per heavy atom. The topological polar surface area (TPSA) is 55.1 Å². The largest absolute Gasteiger partial charge is 0.338 e. The number of aromatic nitrogens is 1. The van der Waals surface area contributed by atoms with Gasteiger partial charge >= 0.3 is 0 Å². The zero-order chi connectivity index (χ0) is 15.5. The molecule has 1 N–H and O–H groups in total. The minimum atomic E-state index is -0.234. The molecule has 1 aromatic heterocycles. The van der Waals surface area contributed by atoms with E-state index in [4.69, 9.17) is 16.1 Å². The molecular formula is C17H13ClN2O2. The summed E-state index contributed by atoms with van der Waals surface area (Å²) in [5, 5.41) is 7.29. The lowest BCUT2D eigenvalue weighted by Gasteiger charge is -2.01. The van der Waals surface area contributed by atoms with E-state index < -0.39 is 0 Å². The fourth-order valence-corrected chi connectivity index (χ4v) is 2.19. The Kier molecular flexibility index (Phi) is 3.94. The maximum absolute atomic E-state index is 12.1. The van der Waals surface area contributed by atoms with Crippen molar-refractivity contribution >= 4 is 23.4 Å². The summed E-state index contributed by atoms with van der Waals surface area (Å²) in [7, 11) is 0. The normalized spacial score (nSPS) is 10.5. The minimum absolute atomic E-state index is 0.234. The Balaban J connectivity index is 1.77. The van der Waals surface area contributed by atoms with E-state index in [1.807, 2.05) is 37.3 Å². The van der Waals surface area contributed by atoms with Gasteiger partial charge in [-0.2, -0.15) is 0 Å². The lowest BCUT2D eigenvalue weighted by molar-refractivity contribution is 0.102. The van der Waals surface area contributed by atoms with Crippen molar-refractivity contribution in [3.63, 3.8) is 0 Å². The van der Waals surface area contributed by atoms with Crippen LogP contribution in [0.15, 0.2) is 59.1 Å². The van der Waals surface area contributed by atoms with E-state index in [0.717, 1.165) is 11.1 Å². The quantitative estimate of drug-likeness (QED) is 0.771. The van der Waals surface area contributed by atoms with Gasteiger partial charge in [0.1, 0.15) is 5.69 Å². The van der Waals surface area contributed by atoms with Gasteiger partial charge in [-0.05, 0) is 31.2 Å². The minimum Gasteiger partial charge on any atom is -0.338 e. The van der Waals surface area contributed by atoms with Crippen LogP contribution in [0.4, 0.5) is 5.88 Å². The summed E-state index contributed by atoms with van der Waals surface area (Å²) in [4.78, 5) is 12.1. The van der Waals surface area contributed by atoms with Crippen LogP contribution >= 0.6 is 11.6 Å². The number of benzene rings is 2. The molecule has 1 amide bonds. The number of hydrogen-bond donors (Lipinski definition) is 1. The Hall–Kier alpha value is -2.59. The van der Waals surface area contributed by atoms with Gasteiger partial charge < -0.3 is 4.52 Å². The number of nitrogens with one attached hydrogen (secondary N) is 1. The number of nitrogens with zero attached hydrogens (tertiary/aromatic N) is 1. The van der Waals surface area contributed by atoms with E-state index in [1.54, 1.807) is 24.3 Å². The van der Waals surface area contributed by atoms with Gasteiger partial charge in [0.2, 0.25) is 5.88 Å². The molecule has 0 saturated heterocycles. The fraction of sp³-hybridized carbons (Fsp3) is 0.0588. The molecule has 110 valence electrons.